The molecule has 3 nitrogen and oxygen atoms in total. The lowest BCUT2D eigenvalue weighted by Gasteiger charge is -2.24. The summed E-state index contributed by atoms with van der Waals surface area (Å²) in [5.74, 6) is 0.121. The molecule has 0 fully saturated rings. The van der Waals surface area contributed by atoms with Crippen molar-refractivity contribution in [1.82, 2.24) is 10.2 Å². The number of carbonyl (C=O) groups excluding carboxylic acids is 1. The molecule has 1 heterocycles. The van der Waals surface area contributed by atoms with Crippen molar-refractivity contribution in [2.24, 2.45) is 0 Å². The van der Waals surface area contributed by atoms with Gasteiger partial charge in [-0.2, -0.15) is 0 Å². The van der Waals surface area contributed by atoms with Gasteiger partial charge >= 0.3 is 0 Å². The molecule has 1 aromatic rings. The Morgan fingerprint density at radius 2 is 2.47 bits per heavy atom. The van der Waals surface area contributed by atoms with Gasteiger partial charge in [0.2, 0.25) is 5.91 Å². The zero-order valence-electron chi connectivity index (χ0n) is 10.5. The molecule has 4 heteroatoms. The number of thiophene rings is 1. The van der Waals surface area contributed by atoms with Crippen LogP contribution in [0.1, 0.15) is 11.8 Å². The summed E-state index contributed by atoms with van der Waals surface area (Å²) >= 11 is 1.74. The minimum atomic E-state index is 0.121. The number of nitrogens with zero attached hydrogens (tertiary/aromatic N) is 1. The van der Waals surface area contributed by atoms with Gasteiger partial charge in [-0.3, -0.25) is 4.79 Å². The lowest BCUT2D eigenvalue weighted by molar-refractivity contribution is -0.130. The zero-order chi connectivity index (χ0) is 12.7. The third-order valence-electron chi connectivity index (χ3n) is 2.70. The van der Waals surface area contributed by atoms with Gasteiger partial charge in [0.25, 0.3) is 0 Å². The first-order chi connectivity index (χ1) is 8.15. The third kappa shape index (κ3) is 4.71. The second-order valence-electron chi connectivity index (χ2n) is 4.06. The van der Waals surface area contributed by atoms with Crippen molar-refractivity contribution in [2.45, 2.75) is 19.4 Å². The van der Waals surface area contributed by atoms with Gasteiger partial charge in [0, 0.05) is 30.9 Å². The Morgan fingerprint density at radius 3 is 3.06 bits per heavy atom. The van der Waals surface area contributed by atoms with Gasteiger partial charge in [0.1, 0.15) is 0 Å². The predicted molar refractivity (Wildman–Crippen MR) is 73.3 cm³/mol. The van der Waals surface area contributed by atoms with Crippen molar-refractivity contribution in [3.63, 3.8) is 0 Å². The molecule has 1 N–H and O–H groups in total. The van der Waals surface area contributed by atoms with Gasteiger partial charge < -0.3 is 10.2 Å². The number of rotatable bonds is 7. The maximum Gasteiger partial charge on any atom is 0.236 e. The largest absolute Gasteiger partial charge is 0.342 e. The van der Waals surface area contributed by atoms with Gasteiger partial charge in [-0.1, -0.05) is 12.1 Å². The first-order valence-corrected chi connectivity index (χ1v) is 6.62. The Balaban J connectivity index is 2.37. The van der Waals surface area contributed by atoms with Crippen LogP contribution in [0.4, 0.5) is 0 Å². The van der Waals surface area contributed by atoms with Crippen molar-refractivity contribution in [1.29, 1.82) is 0 Å². The molecule has 1 unspecified atom stereocenters. The van der Waals surface area contributed by atoms with Gasteiger partial charge in [-0.05, 0) is 18.4 Å². The van der Waals surface area contributed by atoms with E-state index in [0.29, 0.717) is 13.1 Å². The number of carbonyl (C=O) groups is 1. The lowest BCUT2D eigenvalue weighted by atomic mass is 10.2. The third-order valence-corrected chi connectivity index (χ3v) is 3.59. The maximum atomic E-state index is 11.8. The highest BCUT2D eigenvalue weighted by Crippen LogP contribution is 2.13. The predicted octanol–water partition coefficient (Wildman–Crippen LogP) is 1.91. The number of hydrogen-bond acceptors (Lipinski definition) is 3. The van der Waals surface area contributed by atoms with E-state index in [1.165, 1.54) is 4.88 Å². The van der Waals surface area contributed by atoms with Crippen molar-refractivity contribution in [2.75, 3.05) is 20.1 Å². The van der Waals surface area contributed by atoms with Gasteiger partial charge in [0.15, 0.2) is 0 Å². The highest BCUT2D eigenvalue weighted by Gasteiger charge is 2.15. The number of hydrogen-bond donors (Lipinski definition) is 1. The second-order valence-corrected chi connectivity index (χ2v) is 5.09. The summed E-state index contributed by atoms with van der Waals surface area (Å²) in [5, 5.41) is 5.09. The molecule has 0 spiro atoms. The normalized spacial score (nSPS) is 12.1. The van der Waals surface area contributed by atoms with E-state index in [1.807, 2.05) is 13.1 Å². The van der Waals surface area contributed by atoms with Crippen molar-refractivity contribution in [3.05, 3.63) is 35.0 Å². The van der Waals surface area contributed by atoms with Crippen LogP contribution < -0.4 is 5.32 Å². The van der Waals surface area contributed by atoms with Crippen LogP contribution in [0, 0.1) is 0 Å². The van der Waals surface area contributed by atoms with E-state index < -0.39 is 0 Å². The van der Waals surface area contributed by atoms with Gasteiger partial charge in [-0.25, -0.2) is 0 Å². The molecule has 17 heavy (non-hydrogen) atoms. The average molecular weight is 252 g/mol. The molecule has 0 aromatic carbocycles. The molecule has 94 valence electrons. The minimum Gasteiger partial charge on any atom is -0.342 e. The molecule has 0 saturated heterocycles. The maximum absolute atomic E-state index is 11.8. The first kappa shape index (κ1) is 13.9. The van der Waals surface area contributed by atoms with E-state index in [2.05, 4.69) is 30.3 Å². The van der Waals surface area contributed by atoms with Crippen LogP contribution in [0.25, 0.3) is 0 Å². The van der Waals surface area contributed by atoms with Crippen LogP contribution in [-0.2, 0) is 11.2 Å². The molecular formula is C13H20N2OS. The van der Waals surface area contributed by atoms with E-state index in [1.54, 1.807) is 22.3 Å². The van der Waals surface area contributed by atoms with Crippen molar-refractivity contribution >= 4 is 17.2 Å². The van der Waals surface area contributed by atoms with Crippen LogP contribution in [0.2, 0.25) is 0 Å². The Morgan fingerprint density at radius 1 is 1.71 bits per heavy atom. The SMILES string of the molecule is C=CCNCC(=O)N(C)C(C)Cc1cccs1. The molecule has 1 atom stereocenters. The van der Waals surface area contributed by atoms with Crippen molar-refractivity contribution < 1.29 is 4.79 Å². The number of amides is 1. The highest BCUT2D eigenvalue weighted by atomic mass is 32.1. The van der Waals surface area contributed by atoms with Crippen LogP contribution in [0.15, 0.2) is 30.2 Å². The van der Waals surface area contributed by atoms with Crippen LogP contribution in [0.5, 0.6) is 0 Å². The summed E-state index contributed by atoms with van der Waals surface area (Å²) < 4.78 is 0. The monoisotopic (exact) mass is 252 g/mol. The standard InChI is InChI=1S/C13H20N2OS/c1-4-7-14-10-13(16)15(3)11(2)9-12-6-5-8-17-12/h4-6,8,11,14H,1,7,9-10H2,2-3H3. The van der Waals surface area contributed by atoms with Crippen LogP contribution in [0.3, 0.4) is 0 Å². The number of nitrogens with one attached hydrogen (secondary N) is 1. The average Bonchev–Trinajstić information content (AvgIpc) is 2.81. The Labute approximate surface area is 107 Å². The molecule has 1 rings (SSSR count). The molecule has 0 radical (unpaired) electrons. The Hall–Kier alpha value is -1.13. The molecule has 0 aliphatic carbocycles. The Bertz CT molecular complexity index is 348. The minimum absolute atomic E-state index is 0.121. The summed E-state index contributed by atoms with van der Waals surface area (Å²) in [6.07, 6.45) is 2.67. The molecule has 0 bridgehead atoms. The van der Waals surface area contributed by atoms with Gasteiger partial charge in [-0.15, -0.1) is 17.9 Å². The lowest BCUT2D eigenvalue weighted by Crippen LogP contribution is -2.41. The molecular weight excluding hydrogens is 232 g/mol. The number of likely N-dealkylation sites (N-methyl/N-ethyl adjacent to an activating group) is 1. The fourth-order valence-corrected chi connectivity index (χ4v) is 2.33. The molecule has 0 aliphatic rings. The zero-order valence-corrected chi connectivity index (χ0v) is 11.3. The summed E-state index contributed by atoms with van der Waals surface area (Å²) in [4.78, 5) is 14.9. The van der Waals surface area contributed by atoms with E-state index >= 15 is 0 Å². The Kier molecular flexibility index (Phi) is 5.94. The molecule has 1 aromatic heterocycles. The first-order valence-electron chi connectivity index (χ1n) is 5.74. The smallest absolute Gasteiger partial charge is 0.236 e. The van der Waals surface area contributed by atoms with E-state index in [-0.39, 0.29) is 11.9 Å². The highest BCUT2D eigenvalue weighted by molar-refractivity contribution is 7.09. The van der Waals surface area contributed by atoms with E-state index in [9.17, 15) is 4.79 Å². The quantitative estimate of drug-likeness (QED) is 0.594. The van der Waals surface area contributed by atoms with Crippen LogP contribution in [-0.4, -0.2) is 37.0 Å². The molecule has 1 amide bonds. The van der Waals surface area contributed by atoms with Crippen molar-refractivity contribution in [3.8, 4) is 0 Å². The summed E-state index contributed by atoms with van der Waals surface area (Å²) in [5.41, 5.74) is 0. The summed E-state index contributed by atoms with van der Waals surface area (Å²) in [7, 11) is 1.86. The fourth-order valence-electron chi connectivity index (χ4n) is 1.51. The van der Waals surface area contributed by atoms with Crippen LogP contribution >= 0.6 is 11.3 Å². The summed E-state index contributed by atoms with van der Waals surface area (Å²) in [6.45, 7) is 6.71. The molecule has 0 saturated carbocycles. The second kappa shape index (κ2) is 7.25. The van der Waals surface area contributed by atoms with E-state index in [0.717, 1.165) is 6.42 Å². The fraction of sp³-hybridized carbons (Fsp3) is 0.462. The summed E-state index contributed by atoms with van der Waals surface area (Å²) in [6, 6.07) is 4.38. The molecule has 0 aliphatic heterocycles. The topological polar surface area (TPSA) is 32.3 Å². The van der Waals surface area contributed by atoms with Gasteiger partial charge in [0.05, 0.1) is 6.54 Å². The van der Waals surface area contributed by atoms with E-state index in [4.69, 9.17) is 0 Å².